The Labute approximate surface area is 75.3 Å². The van der Waals surface area contributed by atoms with E-state index in [2.05, 4.69) is 0 Å². The summed E-state index contributed by atoms with van der Waals surface area (Å²) in [6.45, 7) is 2.06. The number of alkyl halides is 7. The van der Waals surface area contributed by atoms with Gasteiger partial charge in [0.2, 0.25) is 0 Å². The molecule has 0 radical (unpaired) electrons. The minimum Gasteiger partial charge on any atom is -0.250 e. The monoisotopic (exact) mass is 227 g/mol. The van der Waals surface area contributed by atoms with Crippen LogP contribution in [0.15, 0.2) is 0 Å². The first-order valence-electron chi connectivity index (χ1n) is 3.52. The van der Waals surface area contributed by atoms with Gasteiger partial charge in [0.1, 0.15) is 0 Å². The van der Waals surface area contributed by atoms with Gasteiger partial charge in [-0.2, -0.15) is 30.7 Å². The van der Waals surface area contributed by atoms with Crippen molar-refractivity contribution in [1.82, 2.24) is 5.32 Å². The molecule has 86 valence electrons. The van der Waals surface area contributed by atoms with Gasteiger partial charge in [0.05, 0.1) is 0 Å². The summed E-state index contributed by atoms with van der Waals surface area (Å²) in [5, 5.41) is 0.863. The summed E-state index contributed by atoms with van der Waals surface area (Å²) in [5.74, 6) is -6.08. The minimum atomic E-state index is -6.28. The standard InChI is InChI=1S/C6H8F7N/c1-3(2)14-6(12,13)4(7,8)5(9,10)11/h3,14H,1-2H3. The first-order valence-corrected chi connectivity index (χ1v) is 3.52. The fourth-order valence-electron chi connectivity index (χ4n) is 0.631. The van der Waals surface area contributed by atoms with E-state index in [1.54, 1.807) is 0 Å². The summed E-state index contributed by atoms with van der Waals surface area (Å²) >= 11 is 0. The van der Waals surface area contributed by atoms with E-state index in [1.807, 2.05) is 0 Å². The summed E-state index contributed by atoms with van der Waals surface area (Å²) < 4.78 is 83.5. The second kappa shape index (κ2) is 3.56. The predicted molar refractivity (Wildman–Crippen MR) is 34.2 cm³/mol. The van der Waals surface area contributed by atoms with Gasteiger partial charge in [0.15, 0.2) is 0 Å². The molecule has 1 nitrogen and oxygen atoms in total. The molecule has 0 aliphatic rings. The summed E-state index contributed by atoms with van der Waals surface area (Å²) in [5.41, 5.74) is 0. The molecule has 0 unspecified atom stereocenters. The highest BCUT2D eigenvalue weighted by Crippen LogP contribution is 2.45. The molecule has 1 N–H and O–H groups in total. The SMILES string of the molecule is CC(C)NC(F)(F)C(F)(F)C(F)(F)F. The summed E-state index contributed by atoms with van der Waals surface area (Å²) in [6, 6.07) is -6.50. The van der Waals surface area contributed by atoms with Crippen LogP contribution in [-0.2, 0) is 0 Å². The van der Waals surface area contributed by atoms with Crippen LogP contribution in [0.1, 0.15) is 13.8 Å². The van der Waals surface area contributed by atoms with Crippen LogP contribution >= 0.6 is 0 Å². The zero-order valence-corrected chi connectivity index (χ0v) is 7.22. The molecule has 0 saturated carbocycles. The third-order valence-corrected chi connectivity index (χ3v) is 1.22. The van der Waals surface area contributed by atoms with Crippen molar-refractivity contribution >= 4 is 0 Å². The van der Waals surface area contributed by atoms with Crippen LogP contribution < -0.4 is 5.32 Å². The van der Waals surface area contributed by atoms with Gasteiger partial charge in [-0.15, -0.1) is 0 Å². The molecule has 0 aliphatic heterocycles. The van der Waals surface area contributed by atoms with Gasteiger partial charge in [-0.05, 0) is 13.8 Å². The maximum absolute atomic E-state index is 12.4. The molecular formula is C6H8F7N. The fourth-order valence-corrected chi connectivity index (χ4v) is 0.631. The molecular weight excluding hydrogens is 219 g/mol. The topological polar surface area (TPSA) is 12.0 Å². The van der Waals surface area contributed by atoms with E-state index in [0.29, 0.717) is 0 Å². The van der Waals surface area contributed by atoms with Gasteiger partial charge in [-0.3, -0.25) is 5.32 Å². The molecule has 0 aromatic rings. The normalized spacial score (nSPS) is 15.0. The molecule has 0 amide bonds. The van der Waals surface area contributed by atoms with Crippen LogP contribution in [0.2, 0.25) is 0 Å². The lowest BCUT2D eigenvalue weighted by molar-refractivity contribution is -0.363. The van der Waals surface area contributed by atoms with Crippen molar-refractivity contribution in [2.45, 2.75) is 38.0 Å². The van der Waals surface area contributed by atoms with E-state index in [9.17, 15) is 30.7 Å². The quantitative estimate of drug-likeness (QED) is 0.577. The molecule has 8 heteroatoms. The van der Waals surface area contributed by atoms with E-state index >= 15 is 0 Å². The van der Waals surface area contributed by atoms with E-state index in [4.69, 9.17) is 0 Å². The first-order chi connectivity index (χ1) is 5.92. The zero-order valence-electron chi connectivity index (χ0n) is 7.22. The van der Waals surface area contributed by atoms with Gasteiger partial charge in [-0.1, -0.05) is 0 Å². The molecule has 0 saturated heterocycles. The van der Waals surface area contributed by atoms with Crippen molar-refractivity contribution < 1.29 is 30.7 Å². The van der Waals surface area contributed by atoms with Crippen LogP contribution in [-0.4, -0.2) is 24.2 Å². The number of nitrogens with one attached hydrogen (secondary N) is 1. The van der Waals surface area contributed by atoms with Crippen molar-refractivity contribution in [3.8, 4) is 0 Å². The predicted octanol–water partition coefficient (Wildman–Crippen LogP) is 2.77. The Morgan fingerprint density at radius 2 is 1.21 bits per heavy atom. The Kier molecular flexibility index (Phi) is 3.42. The minimum absolute atomic E-state index is 0.863. The molecule has 0 bridgehead atoms. The van der Waals surface area contributed by atoms with Crippen LogP contribution in [0.5, 0.6) is 0 Å². The Balaban J connectivity index is 4.88. The lowest BCUT2D eigenvalue weighted by atomic mass is 10.2. The Morgan fingerprint density at radius 1 is 0.857 bits per heavy atom. The van der Waals surface area contributed by atoms with Crippen molar-refractivity contribution in [2.24, 2.45) is 0 Å². The molecule has 14 heavy (non-hydrogen) atoms. The van der Waals surface area contributed by atoms with Crippen LogP contribution in [0, 0.1) is 0 Å². The van der Waals surface area contributed by atoms with E-state index < -0.39 is 24.2 Å². The molecule has 0 fully saturated rings. The average molecular weight is 227 g/mol. The maximum Gasteiger partial charge on any atom is 0.461 e. The van der Waals surface area contributed by atoms with Gasteiger partial charge in [0, 0.05) is 6.04 Å². The summed E-state index contributed by atoms with van der Waals surface area (Å²) in [6.07, 6.45) is -6.28. The number of halogens is 7. The highest BCUT2D eigenvalue weighted by molar-refractivity contribution is 4.89. The van der Waals surface area contributed by atoms with Crippen LogP contribution in [0.4, 0.5) is 30.7 Å². The third-order valence-electron chi connectivity index (χ3n) is 1.22. The number of rotatable bonds is 3. The first kappa shape index (κ1) is 13.5. The second-order valence-corrected chi connectivity index (χ2v) is 2.95. The second-order valence-electron chi connectivity index (χ2n) is 2.95. The van der Waals surface area contributed by atoms with Gasteiger partial charge in [0.25, 0.3) is 0 Å². The Bertz CT molecular complexity index is 195. The van der Waals surface area contributed by atoms with Gasteiger partial charge < -0.3 is 0 Å². The fraction of sp³-hybridized carbons (Fsp3) is 1.00. The molecule has 0 aliphatic carbocycles. The molecule has 0 aromatic carbocycles. The molecule has 0 spiro atoms. The highest BCUT2D eigenvalue weighted by atomic mass is 19.4. The largest absolute Gasteiger partial charge is 0.461 e. The lowest BCUT2D eigenvalue weighted by Gasteiger charge is -2.29. The van der Waals surface area contributed by atoms with E-state index in [0.717, 1.165) is 19.2 Å². The zero-order chi connectivity index (χ0) is 11.8. The van der Waals surface area contributed by atoms with E-state index in [1.165, 1.54) is 0 Å². The average Bonchev–Trinajstić information content (AvgIpc) is 1.80. The van der Waals surface area contributed by atoms with Gasteiger partial charge in [-0.25, -0.2) is 0 Å². The molecule has 0 atom stereocenters. The van der Waals surface area contributed by atoms with Gasteiger partial charge >= 0.3 is 18.1 Å². The lowest BCUT2D eigenvalue weighted by Crippen LogP contribution is -2.60. The molecule has 0 heterocycles. The molecule has 0 aromatic heterocycles. The Hall–Kier alpha value is -0.530. The number of hydrogen-bond acceptors (Lipinski definition) is 1. The maximum atomic E-state index is 12.4. The van der Waals surface area contributed by atoms with Crippen molar-refractivity contribution in [3.05, 3.63) is 0 Å². The van der Waals surface area contributed by atoms with E-state index in [-0.39, 0.29) is 0 Å². The van der Waals surface area contributed by atoms with Crippen LogP contribution in [0.25, 0.3) is 0 Å². The highest BCUT2D eigenvalue weighted by Gasteiger charge is 2.73. The van der Waals surface area contributed by atoms with Crippen LogP contribution in [0.3, 0.4) is 0 Å². The smallest absolute Gasteiger partial charge is 0.250 e. The number of hydrogen-bond donors (Lipinski definition) is 1. The van der Waals surface area contributed by atoms with Crippen molar-refractivity contribution in [3.63, 3.8) is 0 Å². The summed E-state index contributed by atoms with van der Waals surface area (Å²) in [7, 11) is 0. The van der Waals surface area contributed by atoms with Crippen molar-refractivity contribution in [2.75, 3.05) is 0 Å². The Morgan fingerprint density at radius 3 is 1.43 bits per heavy atom. The molecule has 0 rings (SSSR count). The van der Waals surface area contributed by atoms with Crippen molar-refractivity contribution in [1.29, 1.82) is 0 Å². The third kappa shape index (κ3) is 2.49. The summed E-state index contributed by atoms with van der Waals surface area (Å²) in [4.78, 5) is 0.